The molecule has 3 nitrogen and oxygen atoms in total. The van der Waals surface area contributed by atoms with E-state index in [9.17, 15) is 0 Å². The average molecular weight is 239 g/mol. The third-order valence-electron chi connectivity index (χ3n) is 3.77. The first-order valence-electron chi connectivity index (χ1n) is 6.46. The van der Waals surface area contributed by atoms with Crippen molar-refractivity contribution in [2.45, 2.75) is 31.2 Å². The Morgan fingerprint density at radius 2 is 1.89 bits per heavy atom. The highest BCUT2D eigenvalue weighted by molar-refractivity contribution is 5.31. The van der Waals surface area contributed by atoms with Gasteiger partial charge in [0.15, 0.2) is 0 Å². The lowest BCUT2D eigenvalue weighted by Gasteiger charge is -2.26. The van der Waals surface area contributed by atoms with Gasteiger partial charge in [-0.1, -0.05) is 30.7 Å². The van der Waals surface area contributed by atoms with Crippen LogP contribution in [-0.2, 0) is 0 Å². The normalized spacial score (nSPS) is 17.2. The van der Waals surface area contributed by atoms with Crippen molar-refractivity contribution in [3.63, 3.8) is 0 Å². The second kappa shape index (κ2) is 4.86. The molecule has 1 aromatic carbocycles. The molecule has 1 aliphatic rings. The zero-order valence-electron chi connectivity index (χ0n) is 10.3. The first-order chi connectivity index (χ1) is 8.84. The first kappa shape index (κ1) is 11.4. The van der Waals surface area contributed by atoms with E-state index >= 15 is 0 Å². The molecule has 1 aromatic heterocycles. The Balaban J connectivity index is 1.80. The minimum atomic E-state index is -0.186. The number of nitrogens with zero attached hydrogens (tertiary/aromatic N) is 2. The first-order valence-corrected chi connectivity index (χ1v) is 6.46. The molecule has 3 heteroatoms. The van der Waals surface area contributed by atoms with Gasteiger partial charge in [-0.3, -0.25) is 9.97 Å². The van der Waals surface area contributed by atoms with Crippen LogP contribution in [0.15, 0.2) is 42.9 Å². The molecule has 1 atom stereocenters. The molecule has 1 fully saturated rings. The van der Waals surface area contributed by atoms with E-state index in [4.69, 9.17) is 5.73 Å². The molecule has 0 aliphatic heterocycles. The lowest BCUT2D eigenvalue weighted by atomic mass is 9.80. The Hall–Kier alpha value is -1.74. The third kappa shape index (κ3) is 2.14. The standard InChI is InChI=1S/C15H17N3/c16-15(14-10-17-8-9-18-14)13-6-4-12(5-7-13)11-2-1-3-11/h4-11,15H,1-3,16H2. The summed E-state index contributed by atoms with van der Waals surface area (Å²) in [6.45, 7) is 0. The molecule has 0 radical (unpaired) electrons. The number of aromatic nitrogens is 2. The van der Waals surface area contributed by atoms with E-state index in [1.165, 1.54) is 24.8 Å². The van der Waals surface area contributed by atoms with Crippen LogP contribution >= 0.6 is 0 Å². The molecule has 1 saturated carbocycles. The smallest absolute Gasteiger partial charge is 0.0799 e. The molecule has 1 aliphatic carbocycles. The van der Waals surface area contributed by atoms with E-state index in [0.717, 1.165) is 17.2 Å². The molecule has 0 amide bonds. The van der Waals surface area contributed by atoms with Crippen LogP contribution in [-0.4, -0.2) is 9.97 Å². The molecule has 1 unspecified atom stereocenters. The van der Waals surface area contributed by atoms with Gasteiger partial charge in [-0.2, -0.15) is 0 Å². The maximum atomic E-state index is 6.19. The average Bonchev–Trinajstić information content (AvgIpc) is 2.38. The molecular formula is C15H17N3. The topological polar surface area (TPSA) is 51.8 Å². The van der Waals surface area contributed by atoms with Crippen molar-refractivity contribution in [3.05, 3.63) is 59.7 Å². The minimum absolute atomic E-state index is 0.186. The molecule has 0 saturated heterocycles. The summed E-state index contributed by atoms with van der Waals surface area (Å²) >= 11 is 0. The predicted octanol–water partition coefficient (Wildman–Crippen LogP) is 2.79. The molecule has 2 aromatic rings. The summed E-state index contributed by atoms with van der Waals surface area (Å²) in [5, 5.41) is 0. The minimum Gasteiger partial charge on any atom is -0.319 e. The highest BCUT2D eigenvalue weighted by Gasteiger charge is 2.19. The largest absolute Gasteiger partial charge is 0.319 e. The van der Waals surface area contributed by atoms with Crippen LogP contribution in [0.25, 0.3) is 0 Å². The molecule has 0 spiro atoms. The van der Waals surface area contributed by atoms with Crippen molar-refractivity contribution in [2.75, 3.05) is 0 Å². The van der Waals surface area contributed by atoms with E-state index in [0.29, 0.717) is 0 Å². The number of rotatable bonds is 3. The highest BCUT2D eigenvalue weighted by atomic mass is 14.8. The Kier molecular flexibility index (Phi) is 3.07. The van der Waals surface area contributed by atoms with Gasteiger partial charge >= 0.3 is 0 Å². The fourth-order valence-electron chi connectivity index (χ4n) is 2.36. The van der Waals surface area contributed by atoms with Crippen LogP contribution < -0.4 is 5.73 Å². The maximum Gasteiger partial charge on any atom is 0.0799 e. The van der Waals surface area contributed by atoms with Gasteiger partial charge in [-0.25, -0.2) is 0 Å². The summed E-state index contributed by atoms with van der Waals surface area (Å²) in [5.41, 5.74) is 9.54. The van der Waals surface area contributed by atoms with Crippen molar-refractivity contribution in [1.29, 1.82) is 0 Å². The summed E-state index contributed by atoms with van der Waals surface area (Å²) in [4.78, 5) is 8.31. The molecule has 2 N–H and O–H groups in total. The van der Waals surface area contributed by atoms with E-state index in [1.54, 1.807) is 18.6 Å². The number of hydrogen-bond donors (Lipinski definition) is 1. The van der Waals surface area contributed by atoms with Gasteiger partial charge < -0.3 is 5.73 Å². The van der Waals surface area contributed by atoms with Crippen LogP contribution in [0.5, 0.6) is 0 Å². The van der Waals surface area contributed by atoms with Crippen LogP contribution in [0.1, 0.15) is 48.0 Å². The van der Waals surface area contributed by atoms with Gasteiger partial charge in [0.2, 0.25) is 0 Å². The maximum absolute atomic E-state index is 6.19. The van der Waals surface area contributed by atoms with Gasteiger partial charge in [0.05, 0.1) is 17.9 Å². The second-order valence-electron chi connectivity index (χ2n) is 4.90. The van der Waals surface area contributed by atoms with E-state index in [-0.39, 0.29) is 6.04 Å². The van der Waals surface area contributed by atoms with Gasteiger partial charge in [0.25, 0.3) is 0 Å². The Morgan fingerprint density at radius 3 is 2.44 bits per heavy atom. The molecular weight excluding hydrogens is 222 g/mol. The van der Waals surface area contributed by atoms with Crippen LogP contribution in [0.2, 0.25) is 0 Å². The Morgan fingerprint density at radius 1 is 1.11 bits per heavy atom. The SMILES string of the molecule is NC(c1ccc(C2CCC2)cc1)c1cnccn1. The zero-order valence-corrected chi connectivity index (χ0v) is 10.3. The number of nitrogens with two attached hydrogens (primary N) is 1. The fourth-order valence-corrected chi connectivity index (χ4v) is 2.36. The molecule has 92 valence electrons. The van der Waals surface area contributed by atoms with Crippen molar-refractivity contribution >= 4 is 0 Å². The van der Waals surface area contributed by atoms with E-state index in [1.807, 2.05) is 0 Å². The summed E-state index contributed by atoms with van der Waals surface area (Å²) in [7, 11) is 0. The van der Waals surface area contributed by atoms with Gasteiger partial charge in [0, 0.05) is 12.4 Å². The molecule has 3 rings (SSSR count). The molecule has 18 heavy (non-hydrogen) atoms. The van der Waals surface area contributed by atoms with Crippen molar-refractivity contribution < 1.29 is 0 Å². The lowest BCUT2D eigenvalue weighted by Crippen LogP contribution is -2.14. The van der Waals surface area contributed by atoms with Crippen LogP contribution in [0.3, 0.4) is 0 Å². The molecule has 1 heterocycles. The fraction of sp³-hybridized carbons (Fsp3) is 0.333. The third-order valence-corrected chi connectivity index (χ3v) is 3.77. The van der Waals surface area contributed by atoms with Crippen molar-refractivity contribution in [1.82, 2.24) is 9.97 Å². The van der Waals surface area contributed by atoms with Gasteiger partial charge in [-0.05, 0) is 29.9 Å². The lowest BCUT2D eigenvalue weighted by molar-refractivity contribution is 0.419. The Bertz CT molecular complexity index is 503. The second-order valence-corrected chi connectivity index (χ2v) is 4.90. The van der Waals surface area contributed by atoms with Crippen molar-refractivity contribution in [3.8, 4) is 0 Å². The van der Waals surface area contributed by atoms with Crippen LogP contribution in [0.4, 0.5) is 0 Å². The summed E-state index contributed by atoms with van der Waals surface area (Å²) in [6.07, 6.45) is 9.09. The number of benzene rings is 1. The monoisotopic (exact) mass is 239 g/mol. The number of hydrogen-bond acceptors (Lipinski definition) is 3. The highest BCUT2D eigenvalue weighted by Crippen LogP contribution is 2.36. The van der Waals surface area contributed by atoms with Gasteiger partial charge in [0.1, 0.15) is 0 Å². The zero-order chi connectivity index (χ0) is 12.4. The quantitative estimate of drug-likeness (QED) is 0.896. The summed E-state index contributed by atoms with van der Waals surface area (Å²) in [5.74, 6) is 0.770. The predicted molar refractivity (Wildman–Crippen MR) is 71.1 cm³/mol. The van der Waals surface area contributed by atoms with Gasteiger partial charge in [-0.15, -0.1) is 0 Å². The van der Waals surface area contributed by atoms with Crippen molar-refractivity contribution in [2.24, 2.45) is 5.73 Å². The van der Waals surface area contributed by atoms with E-state index < -0.39 is 0 Å². The Labute approximate surface area is 107 Å². The summed E-state index contributed by atoms with van der Waals surface area (Å²) in [6, 6.07) is 8.46. The van der Waals surface area contributed by atoms with Crippen LogP contribution in [0, 0.1) is 0 Å². The molecule has 0 bridgehead atoms. The summed E-state index contributed by atoms with van der Waals surface area (Å²) < 4.78 is 0. The van der Waals surface area contributed by atoms with E-state index in [2.05, 4.69) is 34.2 Å².